The van der Waals surface area contributed by atoms with Crippen LogP contribution < -0.4 is 0 Å². The van der Waals surface area contributed by atoms with E-state index in [0.717, 1.165) is 24.4 Å². The van der Waals surface area contributed by atoms with E-state index in [9.17, 15) is 22.0 Å². The van der Waals surface area contributed by atoms with Gasteiger partial charge >= 0.3 is 12.1 Å². The van der Waals surface area contributed by atoms with Gasteiger partial charge in [0.25, 0.3) is 0 Å². The second-order valence-corrected chi connectivity index (χ2v) is 3.93. The third-order valence-corrected chi connectivity index (χ3v) is 2.50. The number of alkyl halides is 5. The molecule has 0 atom stereocenters. The van der Waals surface area contributed by atoms with Crippen molar-refractivity contribution in [1.29, 1.82) is 0 Å². The number of aromatic nitrogens is 2. The molecular weight excluding hydrogens is 267 g/mol. The van der Waals surface area contributed by atoms with Crippen molar-refractivity contribution < 1.29 is 22.0 Å². The van der Waals surface area contributed by atoms with Gasteiger partial charge in [0.2, 0.25) is 0 Å². The van der Waals surface area contributed by atoms with E-state index in [2.05, 4.69) is 5.10 Å². The third kappa shape index (κ3) is 2.91. The Morgan fingerprint density at radius 2 is 1.58 bits per heavy atom. The number of hydrogen-bond acceptors (Lipinski definition) is 1. The Labute approximate surface area is 105 Å². The van der Waals surface area contributed by atoms with Gasteiger partial charge in [-0.2, -0.15) is 27.1 Å². The summed E-state index contributed by atoms with van der Waals surface area (Å²) in [5.74, 6) is -3.52. The highest BCUT2D eigenvalue weighted by Crippen LogP contribution is 2.35. The van der Waals surface area contributed by atoms with Crippen LogP contribution >= 0.6 is 0 Å². The van der Waals surface area contributed by atoms with Gasteiger partial charge in [-0.3, -0.25) is 4.68 Å². The topological polar surface area (TPSA) is 17.8 Å². The van der Waals surface area contributed by atoms with E-state index in [0.29, 0.717) is 0 Å². The predicted molar refractivity (Wildman–Crippen MR) is 57.7 cm³/mol. The van der Waals surface area contributed by atoms with Gasteiger partial charge in [-0.25, -0.2) is 0 Å². The van der Waals surface area contributed by atoms with Crippen molar-refractivity contribution in [3.63, 3.8) is 0 Å². The zero-order chi connectivity index (χ0) is 14.1. The lowest BCUT2D eigenvalue weighted by atomic mass is 10.1. The largest absolute Gasteiger partial charge is 0.408 e. The number of nitrogens with zero attached hydrogens (tertiary/aromatic N) is 2. The summed E-state index contributed by atoms with van der Waals surface area (Å²) in [7, 11) is 0. The summed E-state index contributed by atoms with van der Waals surface area (Å²) in [6.45, 7) is -1.54. The molecule has 2 rings (SSSR count). The molecule has 0 radical (unpaired) electrons. The van der Waals surface area contributed by atoms with Crippen molar-refractivity contribution in [2.24, 2.45) is 0 Å². The molecule has 0 unspecified atom stereocenters. The zero-order valence-corrected chi connectivity index (χ0v) is 9.53. The Morgan fingerprint density at radius 1 is 0.947 bits per heavy atom. The summed E-state index contributed by atoms with van der Waals surface area (Å²) in [6, 6.07) is 7.54. The van der Waals surface area contributed by atoms with Crippen molar-refractivity contribution in [2.75, 3.05) is 0 Å². The fourth-order valence-corrected chi connectivity index (χ4v) is 1.69. The monoisotopic (exact) mass is 276 g/mol. The first-order chi connectivity index (χ1) is 8.81. The maximum Gasteiger partial charge on any atom is 0.408 e. The molecule has 0 fully saturated rings. The molecule has 7 heteroatoms. The van der Waals surface area contributed by atoms with E-state index in [1.165, 1.54) is 12.1 Å². The van der Waals surface area contributed by atoms with Crippen LogP contribution in [-0.2, 0) is 12.5 Å². The minimum Gasteiger partial charge on any atom is -0.254 e. The minimum absolute atomic E-state index is 0.271. The molecule has 0 aliphatic heterocycles. The fourth-order valence-electron chi connectivity index (χ4n) is 1.69. The number of rotatable bonds is 3. The van der Waals surface area contributed by atoms with Crippen LogP contribution in [0.5, 0.6) is 0 Å². The molecule has 2 aromatic rings. The van der Waals surface area contributed by atoms with Crippen LogP contribution in [0.4, 0.5) is 22.0 Å². The van der Waals surface area contributed by atoms with E-state index < -0.39 is 24.3 Å². The minimum atomic E-state index is -4.60. The first kappa shape index (κ1) is 13.5. The molecule has 0 spiro atoms. The van der Waals surface area contributed by atoms with Gasteiger partial charge < -0.3 is 0 Å². The molecule has 2 nitrogen and oxygen atoms in total. The molecule has 0 amide bonds. The molecule has 102 valence electrons. The highest BCUT2D eigenvalue weighted by atomic mass is 19.4. The Bertz CT molecular complexity index is 545. The highest BCUT2D eigenvalue weighted by molar-refractivity contribution is 5.29. The number of hydrogen-bond donors (Lipinski definition) is 0. The molecule has 0 N–H and O–H groups in total. The van der Waals surface area contributed by atoms with Crippen molar-refractivity contribution >= 4 is 0 Å². The van der Waals surface area contributed by atoms with Crippen LogP contribution in [0.25, 0.3) is 0 Å². The summed E-state index contributed by atoms with van der Waals surface area (Å²) >= 11 is 0. The summed E-state index contributed by atoms with van der Waals surface area (Å²) in [5, 5.41) is 3.31. The van der Waals surface area contributed by atoms with Crippen LogP contribution in [0.15, 0.2) is 42.6 Å². The SMILES string of the molecule is FC(F)(F)Cn1nccc1C(F)(F)c1ccccc1. The molecule has 0 aliphatic carbocycles. The number of halogens is 5. The van der Waals surface area contributed by atoms with Crippen LogP contribution in [-0.4, -0.2) is 16.0 Å². The van der Waals surface area contributed by atoms with Crippen LogP contribution in [0, 0.1) is 0 Å². The Kier molecular flexibility index (Phi) is 3.30. The summed E-state index contributed by atoms with van der Waals surface area (Å²) in [4.78, 5) is 0. The van der Waals surface area contributed by atoms with Crippen LogP contribution in [0.1, 0.15) is 11.3 Å². The molecule has 19 heavy (non-hydrogen) atoms. The van der Waals surface area contributed by atoms with Gasteiger partial charge in [0.15, 0.2) is 0 Å². The maximum absolute atomic E-state index is 14.1. The normalized spacial score (nSPS) is 12.7. The van der Waals surface area contributed by atoms with E-state index in [4.69, 9.17) is 0 Å². The Hall–Kier alpha value is -1.92. The first-order valence-corrected chi connectivity index (χ1v) is 5.33. The lowest BCUT2D eigenvalue weighted by Crippen LogP contribution is -2.26. The maximum atomic E-state index is 14.1. The molecule has 1 heterocycles. The third-order valence-electron chi connectivity index (χ3n) is 2.50. The van der Waals surface area contributed by atoms with Gasteiger partial charge in [0.05, 0.1) is 0 Å². The van der Waals surface area contributed by atoms with E-state index in [1.54, 1.807) is 6.07 Å². The molecule has 1 aromatic carbocycles. The second kappa shape index (κ2) is 4.64. The zero-order valence-electron chi connectivity index (χ0n) is 9.53. The summed E-state index contributed by atoms with van der Waals surface area (Å²) < 4.78 is 65.4. The van der Waals surface area contributed by atoms with Crippen LogP contribution in [0.2, 0.25) is 0 Å². The van der Waals surface area contributed by atoms with Crippen molar-refractivity contribution in [1.82, 2.24) is 9.78 Å². The van der Waals surface area contributed by atoms with Gasteiger partial charge in [0.1, 0.15) is 12.2 Å². The van der Waals surface area contributed by atoms with Gasteiger partial charge in [-0.15, -0.1) is 0 Å². The van der Waals surface area contributed by atoms with Crippen molar-refractivity contribution in [3.05, 3.63) is 53.9 Å². The molecule has 0 saturated carbocycles. The van der Waals surface area contributed by atoms with Gasteiger partial charge in [-0.05, 0) is 6.07 Å². The second-order valence-electron chi connectivity index (χ2n) is 3.93. The molecule has 0 bridgehead atoms. The molecular formula is C12H9F5N2. The van der Waals surface area contributed by atoms with E-state index in [-0.39, 0.29) is 10.2 Å². The predicted octanol–water partition coefficient (Wildman–Crippen LogP) is 3.59. The fraction of sp³-hybridized carbons (Fsp3) is 0.250. The first-order valence-electron chi connectivity index (χ1n) is 5.33. The van der Waals surface area contributed by atoms with E-state index in [1.807, 2.05) is 0 Å². The lowest BCUT2D eigenvalue weighted by molar-refractivity contribution is -0.144. The lowest BCUT2D eigenvalue weighted by Gasteiger charge is -2.19. The van der Waals surface area contributed by atoms with Crippen molar-refractivity contribution in [3.8, 4) is 0 Å². The standard InChI is InChI=1S/C12H9F5N2/c13-11(14,15)8-19-10(6-7-18-19)12(16,17)9-4-2-1-3-5-9/h1-7H,8H2. The quantitative estimate of drug-likeness (QED) is 0.783. The van der Waals surface area contributed by atoms with Crippen LogP contribution in [0.3, 0.4) is 0 Å². The number of benzene rings is 1. The van der Waals surface area contributed by atoms with E-state index >= 15 is 0 Å². The Balaban J connectivity index is 2.39. The average Bonchev–Trinajstić information content (AvgIpc) is 2.76. The Morgan fingerprint density at radius 3 is 2.16 bits per heavy atom. The van der Waals surface area contributed by atoms with Crippen molar-refractivity contribution in [2.45, 2.75) is 18.6 Å². The van der Waals surface area contributed by atoms with Gasteiger partial charge in [-0.1, -0.05) is 30.3 Å². The highest BCUT2D eigenvalue weighted by Gasteiger charge is 2.39. The summed E-state index contributed by atoms with van der Waals surface area (Å²) in [5.41, 5.74) is -1.16. The average molecular weight is 276 g/mol. The molecule has 0 saturated heterocycles. The summed E-state index contributed by atoms with van der Waals surface area (Å²) in [6.07, 6.45) is -3.68. The molecule has 0 aliphatic rings. The molecule has 1 aromatic heterocycles. The van der Waals surface area contributed by atoms with Gasteiger partial charge in [0, 0.05) is 11.8 Å². The smallest absolute Gasteiger partial charge is 0.254 e.